The van der Waals surface area contributed by atoms with E-state index in [-0.39, 0.29) is 0 Å². The maximum absolute atomic E-state index is 9.52. The van der Waals surface area contributed by atoms with Gasteiger partial charge in [0.25, 0.3) is 3.25 Å². The van der Waals surface area contributed by atoms with Crippen molar-refractivity contribution < 1.29 is 5.11 Å². The third-order valence-corrected chi connectivity index (χ3v) is 1.85. The van der Waals surface area contributed by atoms with Crippen LogP contribution >= 0.6 is 46.4 Å². The van der Waals surface area contributed by atoms with Gasteiger partial charge < -0.3 is 5.11 Å². The van der Waals surface area contributed by atoms with Crippen LogP contribution in [-0.4, -0.2) is 14.0 Å². The fourth-order valence-corrected chi connectivity index (χ4v) is 0.850. The van der Waals surface area contributed by atoms with Gasteiger partial charge in [0.15, 0.2) is 0 Å². The Kier molecular flexibility index (Phi) is 5.86. The van der Waals surface area contributed by atoms with Crippen molar-refractivity contribution in [1.29, 1.82) is 0 Å². The molecule has 0 saturated heterocycles. The van der Waals surface area contributed by atoms with Gasteiger partial charge in [-0.3, -0.25) is 0 Å². The number of rotatable bonds is 0. The number of alkyl halides is 4. The Morgan fingerprint density at radius 1 is 1.36 bits per heavy atom. The van der Waals surface area contributed by atoms with Crippen LogP contribution in [0.1, 0.15) is 20.3 Å². The molecule has 1 atom stereocenters. The molecule has 82 valence electrons. The van der Waals surface area contributed by atoms with E-state index < -0.39 is 8.85 Å². The van der Waals surface area contributed by atoms with E-state index in [2.05, 4.69) is 0 Å². The van der Waals surface area contributed by atoms with E-state index in [0.717, 1.165) is 12.0 Å². The highest BCUT2D eigenvalue weighted by atomic mass is 35.6. The molecule has 1 N–H and O–H groups in total. The molecule has 1 nitrogen and oxygen atoms in total. The number of hydrogen-bond acceptors (Lipinski definition) is 1. The second-order valence-electron chi connectivity index (χ2n) is 3.18. The zero-order chi connectivity index (χ0) is 11.4. The Bertz CT molecular complexity index is 232. The molecular formula is C9H12Cl4O. The number of halogens is 4. The number of aliphatic hydroxyl groups is 1. The highest BCUT2D eigenvalue weighted by Crippen LogP contribution is 2.29. The fraction of sp³-hybridized carbons (Fsp3) is 0.556. The molecule has 0 aliphatic heterocycles. The van der Waals surface area contributed by atoms with Gasteiger partial charge in [-0.1, -0.05) is 64.6 Å². The van der Waals surface area contributed by atoms with Crippen LogP contribution < -0.4 is 0 Å². The van der Waals surface area contributed by atoms with Crippen molar-refractivity contribution in [2.75, 3.05) is 0 Å². The molecule has 0 spiro atoms. The summed E-state index contributed by atoms with van der Waals surface area (Å²) in [6.07, 6.45) is 6.65. The van der Waals surface area contributed by atoms with Gasteiger partial charge in [0.05, 0.1) is 5.60 Å². The van der Waals surface area contributed by atoms with Crippen molar-refractivity contribution in [2.24, 2.45) is 0 Å². The number of allylic oxidation sites excluding steroid dienone is 2. The first-order valence-corrected chi connectivity index (χ1v) is 5.46. The standard InChI is InChI=1S/C8H12O.CCl4/c1-7-5-3-4-6-8(7,2)9;2-1(3,4)5/h3-5,9H,6H2,1-2H3;. The van der Waals surface area contributed by atoms with Crippen molar-refractivity contribution in [1.82, 2.24) is 0 Å². The monoisotopic (exact) mass is 276 g/mol. The molecule has 1 rings (SSSR count). The first-order valence-electron chi connectivity index (χ1n) is 3.95. The van der Waals surface area contributed by atoms with E-state index in [1.54, 1.807) is 0 Å². The van der Waals surface area contributed by atoms with Crippen LogP contribution in [0.5, 0.6) is 0 Å². The van der Waals surface area contributed by atoms with Crippen LogP contribution in [-0.2, 0) is 0 Å². The van der Waals surface area contributed by atoms with E-state index in [1.165, 1.54) is 0 Å². The number of hydrogen-bond donors (Lipinski definition) is 1. The summed E-state index contributed by atoms with van der Waals surface area (Å²) in [5, 5.41) is 9.52. The summed E-state index contributed by atoms with van der Waals surface area (Å²) >= 11 is 19.3. The second kappa shape index (κ2) is 5.62. The molecule has 0 saturated carbocycles. The van der Waals surface area contributed by atoms with Gasteiger partial charge in [-0.05, 0) is 25.8 Å². The Hall–Kier alpha value is 0.600. The molecule has 0 aromatic rings. The largest absolute Gasteiger partial charge is 0.385 e. The van der Waals surface area contributed by atoms with Crippen molar-refractivity contribution in [3.63, 3.8) is 0 Å². The van der Waals surface area contributed by atoms with Gasteiger partial charge >= 0.3 is 0 Å². The van der Waals surface area contributed by atoms with Gasteiger partial charge in [0.2, 0.25) is 0 Å². The molecule has 0 aromatic carbocycles. The predicted molar refractivity (Wildman–Crippen MR) is 64.3 cm³/mol. The van der Waals surface area contributed by atoms with Crippen molar-refractivity contribution in [2.45, 2.75) is 29.1 Å². The Morgan fingerprint density at radius 3 is 2.00 bits per heavy atom. The van der Waals surface area contributed by atoms with Crippen molar-refractivity contribution in [3.8, 4) is 0 Å². The highest BCUT2D eigenvalue weighted by molar-refractivity contribution is 6.83. The average Bonchev–Trinajstić information content (AvgIpc) is 1.92. The minimum absolute atomic E-state index is 0.589. The molecule has 14 heavy (non-hydrogen) atoms. The van der Waals surface area contributed by atoms with Gasteiger partial charge in [-0.25, -0.2) is 0 Å². The molecule has 1 aliphatic rings. The van der Waals surface area contributed by atoms with Crippen LogP contribution in [0.4, 0.5) is 0 Å². The third kappa shape index (κ3) is 7.95. The van der Waals surface area contributed by atoms with Crippen molar-refractivity contribution in [3.05, 3.63) is 23.8 Å². The summed E-state index contributed by atoms with van der Waals surface area (Å²) in [6.45, 7) is 3.78. The van der Waals surface area contributed by atoms with Gasteiger partial charge in [-0.2, -0.15) is 0 Å². The summed E-state index contributed by atoms with van der Waals surface area (Å²) < 4.78 is -1.61. The lowest BCUT2D eigenvalue weighted by Gasteiger charge is -2.24. The maximum atomic E-state index is 9.52. The molecule has 0 amide bonds. The van der Waals surface area contributed by atoms with E-state index in [9.17, 15) is 5.11 Å². The first-order chi connectivity index (χ1) is 6.13. The lowest BCUT2D eigenvalue weighted by atomic mass is 9.90. The Labute approximate surface area is 104 Å². The van der Waals surface area contributed by atoms with Crippen LogP contribution in [0, 0.1) is 0 Å². The van der Waals surface area contributed by atoms with E-state index >= 15 is 0 Å². The van der Waals surface area contributed by atoms with Crippen molar-refractivity contribution >= 4 is 46.4 Å². The normalized spacial score (nSPS) is 26.4. The molecule has 1 unspecified atom stereocenters. The minimum Gasteiger partial charge on any atom is -0.385 e. The molecule has 0 aromatic heterocycles. The van der Waals surface area contributed by atoms with Gasteiger partial charge in [0.1, 0.15) is 0 Å². The predicted octanol–water partition coefficient (Wildman–Crippen LogP) is 4.20. The van der Waals surface area contributed by atoms with Crippen LogP contribution in [0.25, 0.3) is 0 Å². The van der Waals surface area contributed by atoms with Crippen LogP contribution in [0.3, 0.4) is 0 Å². The van der Waals surface area contributed by atoms with Gasteiger partial charge in [0, 0.05) is 0 Å². The quantitative estimate of drug-likeness (QED) is 0.658. The SMILES string of the molecule is CC1=CC=CCC1(C)O.ClC(Cl)(Cl)Cl. The lowest BCUT2D eigenvalue weighted by molar-refractivity contribution is 0.101. The summed E-state index contributed by atoms with van der Waals surface area (Å²) in [5.41, 5.74) is 0.458. The third-order valence-electron chi connectivity index (χ3n) is 1.85. The zero-order valence-electron chi connectivity index (χ0n) is 7.90. The summed E-state index contributed by atoms with van der Waals surface area (Å²) in [5.74, 6) is 0. The van der Waals surface area contributed by atoms with Crippen LogP contribution in [0.15, 0.2) is 23.8 Å². The average molecular weight is 278 g/mol. The smallest absolute Gasteiger partial charge is 0.266 e. The molecule has 0 radical (unpaired) electrons. The second-order valence-corrected chi connectivity index (χ2v) is 6.61. The zero-order valence-corrected chi connectivity index (χ0v) is 10.9. The first kappa shape index (κ1) is 14.6. The minimum atomic E-state index is -1.61. The molecule has 0 heterocycles. The Morgan fingerprint density at radius 2 is 1.79 bits per heavy atom. The van der Waals surface area contributed by atoms with E-state index in [1.807, 2.05) is 32.1 Å². The molecular weight excluding hydrogens is 266 g/mol. The van der Waals surface area contributed by atoms with E-state index in [4.69, 9.17) is 46.4 Å². The van der Waals surface area contributed by atoms with Crippen LogP contribution in [0.2, 0.25) is 0 Å². The highest BCUT2D eigenvalue weighted by Gasteiger charge is 2.21. The topological polar surface area (TPSA) is 20.2 Å². The summed E-state index contributed by atoms with van der Waals surface area (Å²) in [6, 6.07) is 0. The van der Waals surface area contributed by atoms with Gasteiger partial charge in [-0.15, -0.1) is 0 Å². The summed E-state index contributed by atoms with van der Waals surface area (Å²) in [7, 11) is 0. The fourth-order valence-electron chi connectivity index (χ4n) is 0.850. The van der Waals surface area contributed by atoms with E-state index in [0.29, 0.717) is 0 Å². The molecule has 5 heteroatoms. The molecule has 0 bridgehead atoms. The molecule has 0 fully saturated rings. The lowest BCUT2D eigenvalue weighted by Crippen LogP contribution is -2.25. The maximum Gasteiger partial charge on any atom is 0.266 e. The molecule has 1 aliphatic carbocycles. The Balaban J connectivity index is 0.000000292. The summed E-state index contributed by atoms with van der Waals surface area (Å²) in [4.78, 5) is 0.